The van der Waals surface area contributed by atoms with Gasteiger partial charge in [-0.25, -0.2) is 9.97 Å². The molecule has 1 aromatic heterocycles. The highest BCUT2D eigenvalue weighted by molar-refractivity contribution is 5.79. The van der Waals surface area contributed by atoms with Gasteiger partial charge in [0.2, 0.25) is 0 Å². The molecule has 1 aromatic rings. The molecule has 196 valence electrons. The van der Waals surface area contributed by atoms with E-state index in [1.807, 2.05) is 19.9 Å². The number of nitrogens with zero attached hydrogens (tertiary/aromatic N) is 5. The first-order valence-corrected chi connectivity index (χ1v) is 13.0. The normalized spacial score (nSPS) is 19.1. The second-order valence-corrected chi connectivity index (χ2v) is 9.73. The third-order valence-corrected chi connectivity index (χ3v) is 7.27. The van der Waals surface area contributed by atoms with E-state index in [1.54, 1.807) is 0 Å². The number of aldehydes is 1. The number of anilines is 2. The van der Waals surface area contributed by atoms with E-state index in [4.69, 9.17) is 5.73 Å². The van der Waals surface area contributed by atoms with Gasteiger partial charge in [-0.05, 0) is 65.3 Å². The number of aryl methyl sites for hydroxylation is 1. The summed E-state index contributed by atoms with van der Waals surface area (Å²) in [5, 5.41) is 9.86. The molecule has 2 atom stereocenters. The number of nitrogen functional groups attached to an aromatic ring is 1. The second-order valence-electron chi connectivity index (χ2n) is 9.73. The van der Waals surface area contributed by atoms with Crippen LogP contribution in [0.4, 0.5) is 11.6 Å². The number of allylic oxidation sites excluding steroid dienone is 3. The van der Waals surface area contributed by atoms with Gasteiger partial charge in [-0.3, -0.25) is 14.6 Å². The number of piperazine rings is 1. The molecular formula is C27H46N6O2. The van der Waals surface area contributed by atoms with Crippen LogP contribution in [0.1, 0.15) is 77.0 Å². The SMILES string of the molecule is CC/C(O)=C\C(C)=C(/C)CN(CC)CCC(C)N1CCN(c2nc(N)c(C=O)nc2C)CC1CC. The fourth-order valence-electron chi connectivity index (χ4n) is 4.75. The number of aliphatic hydroxyl groups excluding tert-OH is 1. The Kier molecular flexibility index (Phi) is 11.2. The van der Waals surface area contributed by atoms with Gasteiger partial charge in [-0.2, -0.15) is 0 Å². The highest BCUT2D eigenvalue weighted by Gasteiger charge is 2.30. The first-order valence-electron chi connectivity index (χ1n) is 13.0. The molecule has 0 spiro atoms. The van der Waals surface area contributed by atoms with Crippen LogP contribution in [0.3, 0.4) is 0 Å². The van der Waals surface area contributed by atoms with Crippen LogP contribution in [0, 0.1) is 6.92 Å². The molecule has 1 fully saturated rings. The van der Waals surface area contributed by atoms with Gasteiger partial charge in [0.25, 0.3) is 0 Å². The minimum Gasteiger partial charge on any atom is -0.512 e. The molecule has 2 unspecified atom stereocenters. The quantitative estimate of drug-likeness (QED) is 0.255. The predicted molar refractivity (Wildman–Crippen MR) is 145 cm³/mol. The monoisotopic (exact) mass is 486 g/mol. The Bertz CT molecular complexity index is 913. The maximum absolute atomic E-state index is 11.1. The Morgan fingerprint density at radius 1 is 1.26 bits per heavy atom. The smallest absolute Gasteiger partial charge is 0.172 e. The fraction of sp³-hybridized carbons (Fsp3) is 0.667. The Balaban J connectivity index is 2.00. The largest absolute Gasteiger partial charge is 0.512 e. The van der Waals surface area contributed by atoms with Crippen LogP contribution in [-0.2, 0) is 0 Å². The van der Waals surface area contributed by atoms with Gasteiger partial charge >= 0.3 is 0 Å². The van der Waals surface area contributed by atoms with E-state index >= 15 is 0 Å². The van der Waals surface area contributed by atoms with Crippen molar-refractivity contribution in [3.8, 4) is 0 Å². The van der Waals surface area contributed by atoms with E-state index in [1.165, 1.54) is 5.57 Å². The van der Waals surface area contributed by atoms with Crippen molar-refractivity contribution in [3.63, 3.8) is 0 Å². The molecule has 0 aliphatic carbocycles. The van der Waals surface area contributed by atoms with E-state index in [9.17, 15) is 9.90 Å². The van der Waals surface area contributed by atoms with Crippen molar-refractivity contribution in [2.45, 2.75) is 79.8 Å². The molecule has 1 aliphatic rings. The standard InChI is InChI=1S/C27H46N6O2/c1-8-23-17-32(27-22(7)29-25(18-34)26(28)30-27)13-14-33(23)21(6)11-12-31(10-3)16-20(5)19(4)15-24(35)9-2/h15,18,21,23,35H,8-14,16-17H2,1-7H3,(H2,28,30)/b20-19+,24-15+. The number of likely N-dealkylation sites (N-methyl/N-ethyl adjacent to an activating group) is 1. The third kappa shape index (κ3) is 7.77. The Hall–Kier alpha value is -2.45. The van der Waals surface area contributed by atoms with Crippen LogP contribution >= 0.6 is 0 Å². The summed E-state index contributed by atoms with van der Waals surface area (Å²) in [6.07, 6.45) is 5.38. The Morgan fingerprint density at radius 3 is 2.57 bits per heavy atom. The lowest BCUT2D eigenvalue weighted by atomic mass is 10.0. The topological polar surface area (TPSA) is 98.8 Å². The number of hydrogen-bond donors (Lipinski definition) is 2. The molecule has 8 nitrogen and oxygen atoms in total. The summed E-state index contributed by atoms with van der Waals surface area (Å²) in [5.41, 5.74) is 9.36. The molecule has 2 rings (SSSR count). The predicted octanol–water partition coefficient (Wildman–Crippen LogP) is 4.37. The number of aliphatic hydroxyl groups is 1. The highest BCUT2D eigenvalue weighted by atomic mass is 16.3. The van der Waals surface area contributed by atoms with Gasteiger partial charge in [0.1, 0.15) is 5.69 Å². The lowest BCUT2D eigenvalue weighted by molar-refractivity contribution is 0.109. The van der Waals surface area contributed by atoms with Crippen LogP contribution in [0.2, 0.25) is 0 Å². The maximum Gasteiger partial charge on any atom is 0.172 e. The maximum atomic E-state index is 11.1. The first kappa shape index (κ1) is 28.8. The van der Waals surface area contributed by atoms with Gasteiger partial charge in [0.05, 0.1) is 11.5 Å². The summed E-state index contributed by atoms with van der Waals surface area (Å²) in [5.74, 6) is 1.42. The van der Waals surface area contributed by atoms with Crippen molar-refractivity contribution in [1.82, 2.24) is 19.8 Å². The van der Waals surface area contributed by atoms with Crippen molar-refractivity contribution in [2.24, 2.45) is 0 Å². The molecule has 1 aliphatic heterocycles. The van der Waals surface area contributed by atoms with E-state index in [0.29, 0.717) is 30.5 Å². The molecule has 0 amide bonds. The van der Waals surface area contributed by atoms with Gasteiger partial charge in [0.15, 0.2) is 17.9 Å². The van der Waals surface area contributed by atoms with Gasteiger partial charge in [0, 0.05) is 44.7 Å². The van der Waals surface area contributed by atoms with Crippen molar-refractivity contribution < 1.29 is 9.90 Å². The third-order valence-electron chi connectivity index (χ3n) is 7.27. The molecule has 0 bridgehead atoms. The average Bonchev–Trinajstić information content (AvgIpc) is 2.86. The summed E-state index contributed by atoms with van der Waals surface area (Å²) in [4.78, 5) is 27.4. The fourth-order valence-corrected chi connectivity index (χ4v) is 4.75. The Labute approximate surface area is 211 Å². The molecule has 0 radical (unpaired) electrons. The number of rotatable bonds is 12. The summed E-state index contributed by atoms with van der Waals surface area (Å²) in [6.45, 7) is 20.5. The first-order chi connectivity index (χ1) is 16.6. The molecule has 1 saturated heterocycles. The number of nitrogens with two attached hydrogens (primary N) is 1. The molecule has 3 N–H and O–H groups in total. The minimum absolute atomic E-state index is 0.198. The van der Waals surface area contributed by atoms with Crippen LogP contribution in [0.15, 0.2) is 23.0 Å². The number of carbonyl (C=O) groups excluding carboxylic acids is 1. The van der Waals surface area contributed by atoms with Crippen LogP contribution in [0.25, 0.3) is 0 Å². The molecule has 35 heavy (non-hydrogen) atoms. The number of carbonyl (C=O) groups is 1. The molecule has 0 saturated carbocycles. The molecule has 2 heterocycles. The second kappa shape index (κ2) is 13.6. The zero-order chi connectivity index (χ0) is 26.1. The number of hydrogen-bond acceptors (Lipinski definition) is 8. The van der Waals surface area contributed by atoms with E-state index < -0.39 is 0 Å². The van der Waals surface area contributed by atoms with Crippen molar-refractivity contribution in [3.05, 3.63) is 34.4 Å². The van der Waals surface area contributed by atoms with Crippen molar-refractivity contribution >= 4 is 17.9 Å². The van der Waals surface area contributed by atoms with Crippen LogP contribution in [-0.4, -0.2) is 82.5 Å². The lowest BCUT2D eigenvalue weighted by Gasteiger charge is -2.45. The average molecular weight is 487 g/mol. The lowest BCUT2D eigenvalue weighted by Crippen LogP contribution is -2.56. The van der Waals surface area contributed by atoms with E-state index in [2.05, 4.69) is 59.3 Å². The zero-order valence-electron chi connectivity index (χ0n) is 22.8. The van der Waals surface area contributed by atoms with Gasteiger partial charge < -0.3 is 15.7 Å². The highest BCUT2D eigenvalue weighted by Crippen LogP contribution is 2.25. The Morgan fingerprint density at radius 2 is 1.97 bits per heavy atom. The zero-order valence-corrected chi connectivity index (χ0v) is 22.8. The van der Waals surface area contributed by atoms with E-state index in [-0.39, 0.29) is 11.5 Å². The van der Waals surface area contributed by atoms with Crippen LogP contribution < -0.4 is 10.6 Å². The summed E-state index contributed by atoms with van der Waals surface area (Å²) < 4.78 is 0. The molecule has 8 heteroatoms. The van der Waals surface area contributed by atoms with Crippen LogP contribution in [0.5, 0.6) is 0 Å². The van der Waals surface area contributed by atoms with E-state index in [0.717, 1.165) is 69.2 Å². The molecular weight excluding hydrogens is 440 g/mol. The minimum atomic E-state index is 0.198. The van der Waals surface area contributed by atoms with Crippen molar-refractivity contribution in [1.29, 1.82) is 0 Å². The number of aromatic nitrogens is 2. The molecule has 0 aromatic carbocycles. The summed E-state index contributed by atoms with van der Waals surface area (Å²) >= 11 is 0. The summed E-state index contributed by atoms with van der Waals surface area (Å²) in [6, 6.07) is 0.897. The summed E-state index contributed by atoms with van der Waals surface area (Å²) in [7, 11) is 0. The van der Waals surface area contributed by atoms with Gasteiger partial charge in [-0.15, -0.1) is 0 Å². The van der Waals surface area contributed by atoms with Gasteiger partial charge in [-0.1, -0.05) is 26.3 Å². The van der Waals surface area contributed by atoms with Crippen molar-refractivity contribution in [2.75, 3.05) is 49.9 Å².